The van der Waals surface area contributed by atoms with Gasteiger partial charge in [0.15, 0.2) is 0 Å². The van der Waals surface area contributed by atoms with E-state index in [0.29, 0.717) is 12.8 Å². The summed E-state index contributed by atoms with van der Waals surface area (Å²) in [5.74, 6) is -0.973. The van der Waals surface area contributed by atoms with E-state index in [1.54, 1.807) is 7.05 Å². The van der Waals surface area contributed by atoms with E-state index in [1.165, 1.54) is 10.9 Å². The summed E-state index contributed by atoms with van der Waals surface area (Å²) in [7, 11) is 1.61. The quantitative estimate of drug-likeness (QED) is 0.630. The molecule has 1 aliphatic rings. The molecule has 0 bridgehead atoms. The van der Waals surface area contributed by atoms with Gasteiger partial charge in [-0.05, 0) is 19.3 Å². The fourth-order valence-corrected chi connectivity index (χ4v) is 2.45. The molecule has 104 valence electrons. The maximum atomic E-state index is 11.0. The highest BCUT2D eigenvalue weighted by molar-refractivity contribution is 5.70. The van der Waals surface area contributed by atoms with Gasteiger partial charge in [-0.15, -0.1) is 5.10 Å². The zero-order chi connectivity index (χ0) is 14.0. The average molecular weight is 268 g/mol. The zero-order valence-corrected chi connectivity index (χ0v) is 10.6. The molecule has 2 unspecified atom stereocenters. The first-order valence-corrected chi connectivity index (χ1v) is 6.14. The number of hydrogen-bond acceptors (Lipinski definition) is 5. The van der Waals surface area contributed by atoms with Crippen LogP contribution in [0.2, 0.25) is 0 Å². The molecule has 1 aromatic rings. The number of rotatable bonds is 4. The minimum absolute atomic E-state index is 0.0801. The number of nitro groups is 1. The molecule has 0 amide bonds. The Morgan fingerprint density at radius 2 is 2.37 bits per heavy atom. The van der Waals surface area contributed by atoms with Crippen LogP contribution < -0.4 is 5.32 Å². The molecule has 2 rings (SSSR count). The van der Waals surface area contributed by atoms with Gasteiger partial charge in [0.2, 0.25) is 5.82 Å². The molecule has 0 radical (unpaired) electrons. The van der Waals surface area contributed by atoms with E-state index in [4.69, 9.17) is 5.11 Å². The Balaban J connectivity index is 2.08. The Kier molecular flexibility index (Phi) is 3.68. The van der Waals surface area contributed by atoms with Crippen molar-refractivity contribution in [2.45, 2.75) is 31.7 Å². The Hall–Kier alpha value is -2.12. The number of aliphatic carboxylic acids is 1. The number of hydrogen-bond donors (Lipinski definition) is 2. The predicted octanol–water partition coefficient (Wildman–Crippen LogP) is 1.38. The molecule has 8 heteroatoms. The number of carboxylic acids is 1. The third kappa shape index (κ3) is 3.01. The molecule has 0 saturated heterocycles. The van der Waals surface area contributed by atoms with Crippen LogP contribution in [0.25, 0.3) is 0 Å². The van der Waals surface area contributed by atoms with Gasteiger partial charge in [-0.3, -0.25) is 19.6 Å². The topological polar surface area (TPSA) is 110 Å². The van der Waals surface area contributed by atoms with E-state index in [-0.39, 0.29) is 23.5 Å². The standard InChI is InChI=1S/C11H16N4O4/c1-14-6-9(15(18)19)10(13-14)12-8-4-2-3-7(5-8)11(16)17/h6-8H,2-5H2,1H3,(H,12,13)(H,16,17). The Morgan fingerprint density at radius 3 is 3.00 bits per heavy atom. The summed E-state index contributed by atoms with van der Waals surface area (Å²) in [5, 5.41) is 26.9. The van der Waals surface area contributed by atoms with Gasteiger partial charge in [-0.25, -0.2) is 0 Å². The van der Waals surface area contributed by atoms with E-state index in [9.17, 15) is 14.9 Å². The highest BCUT2D eigenvalue weighted by Crippen LogP contribution is 2.29. The maximum Gasteiger partial charge on any atom is 0.330 e. The van der Waals surface area contributed by atoms with Crippen LogP contribution in [0.1, 0.15) is 25.7 Å². The van der Waals surface area contributed by atoms with E-state index in [0.717, 1.165) is 12.8 Å². The molecular weight excluding hydrogens is 252 g/mol. The number of aryl methyl sites for hydroxylation is 1. The highest BCUT2D eigenvalue weighted by Gasteiger charge is 2.29. The van der Waals surface area contributed by atoms with Crippen molar-refractivity contribution in [1.82, 2.24) is 9.78 Å². The second-order valence-corrected chi connectivity index (χ2v) is 4.84. The zero-order valence-electron chi connectivity index (χ0n) is 10.6. The first-order chi connectivity index (χ1) is 8.97. The van der Waals surface area contributed by atoms with Gasteiger partial charge in [-0.1, -0.05) is 6.42 Å². The molecule has 1 saturated carbocycles. The van der Waals surface area contributed by atoms with Gasteiger partial charge >= 0.3 is 11.7 Å². The van der Waals surface area contributed by atoms with Crippen LogP contribution in [0.3, 0.4) is 0 Å². The van der Waals surface area contributed by atoms with Crippen molar-refractivity contribution in [3.8, 4) is 0 Å². The molecule has 0 aliphatic heterocycles. The van der Waals surface area contributed by atoms with E-state index >= 15 is 0 Å². The smallest absolute Gasteiger partial charge is 0.330 e. The molecular formula is C11H16N4O4. The van der Waals surface area contributed by atoms with Gasteiger partial charge in [0.25, 0.3) is 0 Å². The lowest BCUT2D eigenvalue weighted by Crippen LogP contribution is -2.31. The van der Waals surface area contributed by atoms with Crippen LogP contribution in [0.4, 0.5) is 11.5 Å². The van der Waals surface area contributed by atoms with Crippen LogP contribution in [-0.4, -0.2) is 31.8 Å². The fraction of sp³-hybridized carbons (Fsp3) is 0.636. The van der Waals surface area contributed by atoms with Crippen molar-refractivity contribution in [2.75, 3.05) is 5.32 Å². The molecule has 2 N–H and O–H groups in total. The summed E-state index contributed by atoms with van der Waals surface area (Å²) < 4.78 is 1.37. The highest BCUT2D eigenvalue weighted by atomic mass is 16.6. The second kappa shape index (κ2) is 5.25. The summed E-state index contributed by atoms with van der Waals surface area (Å²) in [4.78, 5) is 21.4. The molecule has 1 aliphatic carbocycles. The molecule has 1 aromatic heterocycles. The van der Waals surface area contributed by atoms with Gasteiger partial charge in [0.1, 0.15) is 6.20 Å². The normalized spacial score (nSPS) is 23.0. The minimum atomic E-state index is -0.804. The van der Waals surface area contributed by atoms with Crippen LogP contribution in [0.5, 0.6) is 0 Å². The van der Waals surface area contributed by atoms with Gasteiger partial charge < -0.3 is 10.4 Å². The first-order valence-electron chi connectivity index (χ1n) is 6.14. The summed E-state index contributed by atoms with van der Waals surface area (Å²) in [6.45, 7) is 0. The van der Waals surface area contributed by atoms with E-state index in [1.807, 2.05) is 0 Å². The van der Waals surface area contributed by atoms with Gasteiger partial charge in [-0.2, -0.15) is 0 Å². The lowest BCUT2D eigenvalue weighted by Gasteiger charge is -2.27. The average Bonchev–Trinajstić information content (AvgIpc) is 2.70. The van der Waals surface area contributed by atoms with Crippen LogP contribution in [0.15, 0.2) is 6.20 Å². The van der Waals surface area contributed by atoms with Crippen molar-refractivity contribution >= 4 is 17.5 Å². The van der Waals surface area contributed by atoms with Crippen molar-refractivity contribution in [3.63, 3.8) is 0 Å². The number of nitrogens with one attached hydrogen (secondary N) is 1. The SMILES string of the molecule is Cn1cc([N+](=O)[O-])c(NC2CCCC(C(=O)O)C2)n1. The summed E-state index contributed by atoms with van der Waals surface area (Å²) >= 11 is 0. The largest absolute Gasteiger partial charge is 0.481 e. The number of carboxylic acid groups (broad SMARTS) is 1. The maximum absolute atomic E-state index is 11.0. The second-order valence-electron chi connectivity index (χ2n) is 4.84. The third-order valence-electron chi connectivity index (χ3n) is 3.37. The van der Waals surface area contributed by atoms with Crippen LogP contribution >= 0.6 is 0 Å². The molecule has 19 heavy (non-hydrogen) atoms. The Labute approximate surface area is 109 Å². The molecule has 1 heterocycles. The first kappa shape index (κ1) is 13.3. The number of anilines is 1. The van der Waals surface area contributed by atoms with Crippen LogP contribution in [-0.2, 0) is 11.8 Å². The van der Waals surface area contributed by atoms with Crippen LogP contribution in [0, 0.1) is 16.0 Å². The van der Waals surface area contributed by atoms with E-state index < -0.39 is 10.9 Å². The lowest BCUT2D eigenvalue weighted by molar-refractivity contribution is -0.384. The van der Waals surface area contributed by atoms with Crippen molar-refractivity contribution in [2.24, 2.45) is 13.0 Å². The Morgan fingerprint density at radius 1 is 1.63 bits per heavy atom. The van der Waals surface area contributed by atoms with Crippen molar-refractivity contribution < 1.29 is 14.8 Å². The molecule has 0 aromatic carbocycles. The van der Waals surface area contributed by atoms with Crippen molar-refractivity contribution in [3.05, 3.63) is 16.3 Å². The monoisotopic (exact) mass is 268 g/mol. The van der Waals surface area contributed by atoms with Crippen molar-refractivity contribution in [1.29, 1.82) is 0 Å². The third-order valence-corrected chi connectivity index (χ3v) is 3.37. The summed E-state index contributed by atoms with van der Waals surface area (Å²) in [6, 6.07) is -0.0801. The Bertz CT molecular complexity index is 499. The predicted molar refractivity (Wildman–Crippen MR) is 66.9 cm³/mol. The van der Waals surface area contributed by atoms with Gasteiger partial charge in [0.05, 0.1) is 10.8 Å². The number of carbonyl (C=O) groups is 1. The van der Waals surface area contributed by atoms with Gasteiger partial charge in [0, 0.05) is 13.1 Å². The fourth-order valence-electron chi connectivity index (χ4n) is 2.45. The summed E-state index contributed by atoms with van der Waals surface area (Å²) in [6.07, 6.45) is 4.08. The minimum Gasteiger partial charge on any atom is -0.481 e. The molecule has 1 fully saturated rings. The number of nitrogens with zero attached hydrogens (tertiary/aromatic N) is 3. The molecule has 8 nitrogen and oxygen atoms in total. The molecule has 0 spiro atoms. The molecule has 2 atom stereocenters. The lowest BCUT2D eigenvalue weighted by atomic mass is 9.86. The van der Waals surface area contributed by atoms with E-state index in [2.05, 4.69) is 10.4 Å². The summed E-state index contributed by atoms with van der Waals surface area (Å²) in [5.41, 5.74) is -0.0834. The number of aromatic nitrogens is 2.